The summed E-state index contributed by atoms with van der Waals surface area (Å²) >= 11 is 0. The molecule has 0 saturated carbocycles. The SMILES string of the molecule is Cl.Cl.NCCC(=O)Nc1ccc2nc(C3CCCO3)[nH]c2c1. The van der Waals surface area contributed by atoms with Gasteiger partial charge in [0.15, 0.2) is 0 Å². The highest BCUT2D eigenvalue weighted by Crippen LogP contribution is 2.28. The topological polar surface area (TPSA) is 93.0 Å². The number of carbonyl (C=O) groups is 1. The number of H-pyrrole nitrogens is 1. The minimum atomic E-state index is -0.0780. The molecule has 2 aromatic rings. The van der Waals surface area contributed by atoms with Gasteiger partial charge in [-0.1, -0.05) is 0 Å². The average molecular weight is 347 g/mol. The number of fused-ring (bicyclic) bond motifs is 1. The predicted octanol–water partition coefficient (Wildman–Crippen LogP) is 2.55. The normalized spacial score (nSPS) is 16.9. The van der Waals surface area contributed by atoms with Gasteiger partial charge in [0.1, 0.15) is 11.9 Å². The van der Waals surface area contributed by atoms with Crippen molar-refractivity contribution in [2.45, 2.75) is 25.4 Å². The van der Waals surface area contributed by atoms with Crippen LogP contribution in [-0.2, 0) is 9.53 Å². The van der Waals surface area contributed by atoms with Crippen molar-refractivity contribution in [2.75, 3.05) is 18.5 Å². The van der Waals surface area contributed by atoms with Gasteiger partial charge in [0.05, 0.1) is 11.0 Å². The van der Waals surface area contributed by atoms with Crippen molar-refractivity contribution in [3.63, 3.8) is 0 Å². The Hall–Kier alpha value is -1.34. The second-order valence-electron chi connectivity index (χ2n) is 4.94. The molecule has 2 heterocycles. The number of aromatic nitrogens is 2. The van der Waals surface area contributed by atoms with Crippen LogP contribution in [0.5, 0.6) is 0 Å². The molecule has 1 aliphatic rings. The number of imidazole rings is 1. The summed E-state index contributed by atoms with van der Waals surface area (Å²) in [5, 5.41) is 2.82. The van der Waals surface area contributed by atoms with Crippen LogP contribution in [0, 0.1) is 0 Å². The highest BCUT2D eigenvalue weighted by atomic mass is 35.5. The number of nitrogens with one attached hydrogen (secondary N) is 2. The molecule has 0 aliphatic carbocycles. The van der Waals surface area contributed by atoms with Crippen molar-refractivity contribution in [3.05, 3.63) is 24.0 Å². The first-order chi connectivity index (χ1) is 9.76. The third-order valence-electron chi connectivity index (χ3n) is 3.39. The fourth-order valence-electron chi connectivity index (χ4n) is 2.41. The Morgan fingerprint density at radius 1 is 1.45 bits per heavy atom. The molecule has 1 atom stereocenters. The van der Waals surface area contributed by atoms with Crippen LogP contribution in [0.15, 0.2) is 18.2 Å². The number of aromatic amines is 1. The molecule has 0 spiro atoms. The van der Waals surface area contributed by atoms with Crippen molar-refractivity contribution in [2.24, 2.45) is 5.73 Å². The third-order valence-corrected chi connectivity index (χ3v) is 3.39. The summed E-state index contributed by atoms with van der Waals surface area (Å²) in [6, 6.07) is 5.62. The first-order valence-electron chi connectivity index (χ1n) is 6.87. The van der Waals surface area contributed by atoms with E-state index in [-0.39, 0.29) is 36.8 Å². The predicted molar refractivity (Wildman–Crippen MR) is 90.8 cm³/mol. The molecule has 22 heavy (non-hydrogen) atoms. The minimum Gasteiger partial charge on any atom is -0.370 e. The van der Waals surface area contributed by atoms with Gasteiger partial charge in [-0.2, -0.15) is 0 Å². The summed E-state index contributed by atoms with van der Waals surface area (Å²) in [7, 11) is 0. The van der Waals surface area contributed by atoms with Crippen LogP contribution >= 0.6 is 24.8 Å². The lowest BCUT2D eigenvalue weighted by atomic mass is 10.2. The Labute approximate surface area is 141 Å². The smallest absolute Gasteiger partial charge is 0.225 e. The maximum atomic E-state index is 11.5. The lowest BCUT2D eigenvalue weighted by molar-refractivity contribution is -0.116. The molecule has 0 bridgehead atoms. The maximum absolute atomic E-state index is 11.5. The molecule has 1 unspecified atom stereocenters. The van der Waals surface area contributed by atoms with Crippen molar-refractivity contribution >= 4 is 47.4 Å². The number of hydrogen-bond acceptors (Lipinski definition) is 4. The van der Waals surface area contributed by atoms with Crippen LogP contribution in [0.3, 0.4) is 0 Å². The summed E-state index contributed by atoms with van der Waals surface area (Å²) in [4.78, 5) is 19.3. The number of halogens is 2. The van der Waals surface area contributed by atoms with Gasteiger partial charge in [0, 0.05) is 25.3 Å². The van der Waals surface area contributed by atoms with Gasteiger partial charge in [0.2, 0.25) is 5.91 Å². The van der Waals surface area contributed by atoms with Crippen LogP contribution in [-0.4, -0.2) is 29.0 Å². The van der Waals surface area contributed by atoms with E-state index < -0.39 is 0 Å². The Balaban J connectivity index is 0.00000121. The van der Waals surface area contributed by atoms with E-state index in [1.165, 1.54) is 0 Å². The molecule has 4 N–H and O–H groups in total. The molecular formula is C14H20Cl2N4O2. The van der Waals surface area contributed by atoms with E-state index in [9.17, 15) is 4.79 Å². The summed E-state index contributed by atoms with van der Waals surface area (Å²) in [6.07, 6.45) is 2.46. The summed E-state index contributed by atoms with van der Waals surface area (Å²) < 4.78 is 5.62. The van der Waals surface area contributed by atoms with E-state index >= 15 is 0 Å². The van der Waals surface area contributed by atoms with E-state index in [1.54, 1.807) is 0 Å². The molecule has 1 aromatic heterocycles. The van der Waals surface area contributed by atoms with Crippen LogP contribution < -0.4 is 11.1 Å². The van der Waals surface area contributed by atoms with Gasteiger partial charge in [-0.3, -0.25) is 4.79 Å². The first-order valence-corrected chi connectivity index (χ1v) is 6.87. The molecule has 3 rings (SSSR count). The number of amides is 1. The zero-order chi connectivity index (χ0) is 13.9. The van der Waals surface area contributed by atoms with Crippen LogP contribution in [0.4, 0.5) is 5.69 Å². The van der Waals surface area contributed by atoms with Crippen molar-refractivity contribution in [1.29, 1.82) is 0 Å². The number of anilines is 1. The highest BCUT2D eigenvalue weighted by Gasteiger charge is 2.21. The molecule has 6 nitrogen and oxygen atoms in total. The lowest BCUT2D eigenvalue weighted by Crippen LogP contribution is -2.16. The molecular weight excluding hydrogens is 327 g/mol. The van der Waals surface area contributed by atoms with Gasteiger partial charge in [-0.25, -0.2) is 4.98 Å². The quantitative estimate of drug-likeness (QED) is 0.792. The van der Waals surface area contributed by atoms with Crippen molar-refractivity contribution in [3.8, 4) is 0 Å². The summed E-state index contributed by atoms with van der Waals surface area (Å²) in [5.41, 5.74) is 7.89. The summed E-state index contributed by atoms with van der Waals surface area (Å²) in [6.45, 7) is 1.14. The Morgan fingerprint density at radius 2 is 2.27 bits per heavy atom. The van der Waals surface area contributed by atoms with E-state index in [2.05, 4.69) is 15.3 Å². The van der Waals surface area contributed by atoms with Gasteiger partial charge < -0.3 is 20.8 Å². The standard InChI is InChI=1S/C14H18N4O2.2ClH/c15-6-5-13(19)16-9-3-4-10-11(8-9)18-14(17-10)12-2-1-7-20-12;;/h3-4,8,12H,1-2,5-7,15H2,(H,16,19)(H,17,18);2*1H. The van der Waals surface area contributed by atoms with E-state index in [0.29, 0.717) is 13.0 Å². The Bertz CT molecular complexity index is 626. The monoisotopic (exact) mass is 346 g/mol. The van der Waals surface area contributed by atoms with Gasteiger partial charge >= 0.3 is 0 Å². The molecule has 1 fully saturated rings. The average Bonchev–Trinajstić information content (AvgIpc) is 3.07. The second kappa shape index (κ2) is 8.33. The van der Waals surface area contributed by atoms with Crippen molar-refractivity contribution < 1.29 is 9.53 Å². The Kier molecular flexibility index (Phi) is 7.09. The van der Waals surface area contributed by atoms with Crippen LogP contribution in [0.25, 0.3) is 11.0 Å². The molecule has 1 aromatic carbocycles. The molecule has 0 radical (unpaired) electrons. The first kappa shape index (κ1) is 18.7. The zero-order valence-corrected chi connectivity index (χ0v) is 13.6. The summed E-state index contributed by atoms with van der Waals surface area (Å²) in [5.74, 6) is 0.786. The molecule has 1 saturated heterocycles. The van der Waals surface area contributed by atoms with Gasteiger partial charge in [0.25, 0.3) is 0 Å². The molecule has 1 aliphatic heterocycles. The number of hydrogen-bond donors (Lipinski definition) is 3. The fraction of sp³-hybridized carbons (Fsp3) is 0.429. The number of benzene rings is 1. The second-order valence-corrected chi connectivity index (χ2v) is 4.94. The number of ether oxygens (including phenoxy) is 1. The maximum Gasteiger partial charge on any atom is 0.225 e. The lowest BCUT2D eigenvalue weighted by Gasteiger charge is -2.04. The molecule has 1 amide bonds. The zero-order valence-electron chi connectivity index (χ0n) is 12.0. The number of rotatable bonds is 4. The van der Waals surface area contributed by atoms with Crippen molar-refractivity contribution in [1.82, 2.24) is 9.97 Å². The molecule has 122 valence electrons. The van der Waals surface area contributed by atoms with Gasteiger partial charge in [-0.15, -0.1) is 24.8 Å². The fourth-order valence-corrected chi connectivity index (χ4v) is 2.41. The van der Waals surface area contributed by atoms with Gasteiger partial charge in [-0.05, 0) is 31.0 Å². The van der Waals surface area contributed by atoms with Crippen LogP contribution in [0.2, 0.25) is 0 Å². The highest BCUT2D eigenvalue weighted by molar-refractivity contribution is 5.93. The van der Waals surface area contributed by atoms with E-state index in [1.807, 2.05) is 18.2 Å². The third kappa shape index (κ3) is 4.10. The molecule has 8 heteroatoms. The van der Waals surface area contributed by atoms with E-state index in [4.69, 9.17) is 10.5 Å². The number of nitrogens with two attached hydrogens (primary N) is 1. The Morgan fingerprint density at radius 3 is 2.95 bits per heavy atom. The van der Waals surface area contributed by atoms with Crippen LogP contribution in [0.1, 0.15) is 31.2 Å². The van der Waals surface area contributed by atoms with E-state index in [0.717, 1.165) is 42.0 Å². The minimum absolute atomic E-state index is 0. The number of carbonyl (C=O) groups excluding carboxylic acids is 1. The number of nitrogens with zero attached hydrogens (tertiary/aromatic N) is 1. The largest absolute Gasteiger partial charge is 0.370 e.